The Balaban J connectivity index is 2.37. The fourth-order valence-electron chi connectivity index (χ4n) is 1.78. The minimum atomic E-state index is -4.40. The van der Waals surface area contributed by atoms with Crippen LogP contribution in [0.1, 0.15) is 6.42 Å². The van der Waals surface area contributed by atoms with Crippen molar-refractivity contribution < 1.29 is 18.0 Å². The van der Waals surface area contributed by atoms with Gasteiger partial charge in [-0.3, -0.25) is 4.79 Å². The first-order chi connectivity index (χ1) is 7.97. The van der Waals surface area contributed by atoms with E-state index in [9.17, 15) is 18.0 Å². The van der Waals surface area contributed by atoms with Crippen LogP contribution < -0.4 is 10.2 Å². The zero-order valence-electron chi connectivity index (χ0n) is 8.92. The Morgan fingerprint density at radius 3 is 2.71 bits per heavy atom. The number of rotatable bonds is 1. The number of carbonyl (C=O) groups is 1. The van der Waals surface area contributed by atoms with Gasteiger partial charge < -0.3 is 10.2 Å². The summed E-state index contributed by atoms with van der Waals surface area (Å²) in [5, 5.41) is 2.94. The van der Waals surface area contributed by atoms with Gasteiger partial charge in [0.2, 0.25) is 5.91 Å². The molecule has 0 aromatic heterocycles. The maximum Gasteiger partial charge on any atom is 0.406 e. The summed E-state index contributed by atoms with van der Waals surface area (Å²) < 4.78 is 37.3. The summed E-state index contributed by atoms with van der Waals surface area (Å²) in [4.78, 5) is 12.4. The van der Waals surface area contributed by atoms with E-state index >= 15 is 0 Å². The van der Waals surface area contributed by atoms with Gasteiger partial charge in [0.25, 0.3) is 0 Å². The van der Waals surface area contributed by atoms with Crippen molar-refractivity contribution in [2.45, 2.75) is 12.6 Å². The standard InChI is InChI=1S/C11H11F3N2O/c12-11(13,14)7-16-9-4-2-1-3-8(9)15-6-5-10(16)17/h1-4,15H,5-7H2. The van der Waals surface area contributed by atoms with E-state index in [0.29, 0.717) is 12.2 Å². The molecule has 0 spiro atoms. The predicted octanol–water partition coefficient (Wildman–Crippen LogP) is 2.40. The number of hydrogen-bond donors (Lipinski definition) is 1. The molecule has 1 aliphatic rings. The van der Waals surface area contributed by atoms with Crippen LogP contribution in [0.2, 0.25) is 0 Å². The van der Waals surface area contributed by atoms with Crippen LogP contribution in [-0.4, -0.2) is 25.2 Å². The Labute approximate surface area is 96.2 Å². The normalized spacial score (nSPS) is 16.2. The van der Waals surface area contributed by atoms with E-state index in [1.54, 1.807) is 18.2 Å². The lowest BCUT2D eigenvalue weighted by Crippen LogP contribution is -2.38. The average Bonchev–Trinajstić information content (AvgIpc) is 2.38. The molecule has 0 radical (unpaired) electrons. The zero-order chi connectivity index (χ0) is 12.5. The molecule has 1 heterocycles. The predicted molar refractivity (Wildman–Crippen MR) is 58.0 cm³/mol. The summed E-state index contributed by atoms with van der Waals surface area (Å²) in [6.07, 6.45) is -4.34. The van der Waals surface area contributed by atoms with Crippen LogP contribution in [0, 0.1) is 0 Å². The first kappa shape index (κ1) is 11.8. The smallest absolute Gasteiger partial charge is 0.383 e. The molecule has 1 N–H and O–H groups in total. The number of alkyl halides is 3. The van der Waals surface area contributed by atoms with Crippen LogP contribution in [-0.2, 0) is 4.79 Å². The third-order valence-corrected chi connectivity index (χ3v) is 2.49. The quantitative estimate of drug-likeness (QED) is 0.822. The van der Waals surface area contributed by atoms with Gasteiger partial charge in [0.15, 0.2) is 0 Å². The number of hydrogen-bond acceptors (Lipinski definition) is 2. The molecular formula is C11H11F3N2O. The first-order valence-corrected chi connectivity index (χ1v) is 5.17. The van der Waals surface area contributed by atoms with Crippen molar-refractivity contribution in [1.29, 1.82) is 0 Å². The Morgan fingerprint density at radius 1 is 1.29 bits per heavy atom. The average molecular weight is 244 g/mol. The highest BCUT2D eigenvalue weighted by molar-refractivity contribution is 5.98. The number of fused-ring (bicyclic) bond motifs is 1. The van der Waals surface area contributed by atoms with E-state index in [-0.39, 0.29) is 12.1 Å². The van der Waals surface area contributed by atoms with Crippen LogP contribution >= 0.6 is 0 Å². The number of nitrogens with one attached hydrogen (secondary N) is 1. The van der Waals surface area contributed by atoms with Gasteiger partial charge in [-0.25, -0.2) is 0 Å². The molecule has 0 unspecified atom stereocenters. The van der Waals surface area contributed by atoms with Gasteiger partial charge in [-0.15, -0.1) is 0 Å². The molecule has 17 heavy (non-hydrogen) atoms. The van der Waals surface area contributed by atoms with E-state index in [1.165, 1.54) is 6.07 Å². The van der Waals surface area contributed by atoms with Crippen molar-refractivity contribution in [3.05, 3.63) is 24.3 Å². The largest absolute Gasteiger partial charge is 0.406 e. The van der Waals surface area contributed by atoms with Crippen molar-refractivity contribution in [3.63, 3.8) is 0 Å². The third kappa shape index (κ3) is 2.69. The van der Waals surface area contributed by atoms with Gasteiger partial charge in [-0.05, 0) is 12.1 Å². The molecule has 0 saturated heterocycles. The third-order valence-electron chi connectivity index (χ3n) is 2.49. The maximum absolute atomic E-state index is 12.4. The van der Waals surface area contributed by atoms with Gasteiger partial charge in [0, 0.05) is 13.0 Å². The SMILES string of the molecule is O=C1CCNc2ccccc2N1CC(F)(F)F. The van der Waals surface area contributed by atoms with Crippen LogP contribution in [0.25, 0.3) is 0 Å². The van der Waals surface area contributed by atoms with E-state index in [2.05, 4.69) is 5.32 Å². The molecule has 1 amide bonds. The lowest BCUT2D eigenvalue weighted by molar-refractivity contribution is -0.132. The number of benzene rings is 1. The van der Waals surface area contributed by atoms with Crippen LogP contribution in [0.5, 0.6) is 0 Å². The minimum absolute atomic E-state index is 0.0603. The van der Waals surface area contributed by atoms with E-state index < -0.39 is 18.6 Å². The van der Waals surface area contributed by atoms with Crippen molar-refractivity contribution >= 4 is 17.3 Å². The summed E-state index contributed by atoms with van der Waals surface area (Å²) in [6.45, 7) is -0.894. The highest BCUT2D eigenvalue weighted by Gasteiger charge is 2.35. The Morgan fingerprint density at radius 2 is 2.00 bits per heavy atom. The van der Waals surface area contributed by atoms with Crippen molar-refractivity contribution in [2.75, 3.05) is 23.3 Å². The number of anilines is 2. The minimum Gasteiger partial charge on any atom is -0.383 e. The lowest BCUT2D eigenvalue weighted by Gasteiger charge is -2.23. The molecule has 1 aromatic rings. The molecule has 0 atom stereocenters. The molecule has 6 heteroatoms. The summed E-state index contributed by atoms with van der Waals surface area (Å²) in [5.41, 5.74) is 0.843. The topological polar surface area (TPSA) is 32.3 Å². The number of para-hydroxylation sites is 2. The van der Waals surface area contributed by atoms with Crippen LogP contribution in [0.15, 0.2) is 24.3 Å². The second-order valence-electron chi connectivity index (χ2n) is 3.79. The monoisotopic (exact) mass is 244 g/mol. The molecule has 92 valence electrons. The van der Waals surface area contributed by atoms with E-state index in [4.69, 9.17) is 0 Å². The lowest BCUT2D eigenvalue weighted by atomic mass is 10.2. The van der Waals surface area contributed by atoms with E-state index in [1.807, 2.05) is 0 Å². The molecule has 1 aromatic carbocycles. The fraction of sp³-hybridized carbons (Fsp3) is 0.364. The van der Waals surface area contributed by atoms with Gasteiger partial charge >= 0.3 is 6.18 Å². The molecule has 0 fully saturated rings. The zero-order valence-corrected chi connectivity index (χ0v) is 8.92. The number of nitrogens with zero attached hydrogens (tertiary/aromatic N) is 1. The van der Waals surface area contributed by atoms with Crippen molar-refractivity contribution in [1.82, 2.24) is 0 Å². The summed E-state index contributed by atoms with van der Waals surface area (Å²) in [7, 11) is 0. The Hall–Kier alpha value is -1.72. The fourth-order valence-corrected chi connectivity index (χ4v) is 1.78. The van der Waals surface area contributed by atoms with Gasteiger partial charge in [-0.1, -0.05) is 12.1 Å². The van der Waals surface area contributed by atoms with Gasteiger partial charge in [-0.2, -0.15) is 13.2 Å². The highest BCUT2D eigenvalue weighted by atomic mass is 19.4. The molecule has 0 saturated carbocycles. The van der Waals surface area contributed by atoms with Crippen LogP contribution in [0.4, 0.5) is 24.5 Å². The van der Waals surface area contributed by atoms with Crippen molar-refractivity contribution in [3.8, 4) is 0 Å². The maximum atomic E-state index is 12.4. The highest BCUT2D eigenvalue weighted by Crippen LogP contribution is 2.31. The Bertz CT molecular complexity index is 431. The summed E-state index contributed by atoms with van der Waals surface area (Å²) in [6, 6.07) is 6.50. The summed E-state index contributed by atoms with van der Waals surface area (Å²) in [5.74, 6) is -0.514. The molecule has 1 aliphatic heterocycles. The first-order valence-electron chi connectivity index (χ1n) is 5.17. The van der Waals surface area contributed by atoms with E-state index in [0.717, 1.165) is 4.90 Å². The van der Waals surface area contributed by atoms with Crippen molar-refractivity contribution in [2.24, 2.45) is 0 Å². The molecule has 0 bridgehead atoms. The summed E-state index contributed by atoms with van der Waals surface area (Å²) >= 11 is 0. The number of amides is 1. The van der Waals surface area contributed by atoms with Crippen LogP contribution in [0.3, 0.4) is 0 Å². The van der Waals surface area contributed by atoms with Gasteiger partial charge in [0.1, 0.15) is 6.54 Å². The second kappa shape index (κ2) is 4.27. The van der Waals surface area contributed by atoms with Gasteiger partial charge in [0.05, 0.1) is 11.4 Å². The second-order valence-corrected chi connectivity index (χ2v) is 3.79. The number of halogens is 3. The molecule has 0 aliphatic carbocycles. The number of carbonyl (C=O) groups excluding carboxylic acids is 1. The Kier molecular flexibility index (Phi) is 2.95. The molecular weight excluding hydrogens is 233 g/mol. The molecule has 3 nitrogen and oxygen atoms in total. The molecule has 2 rings (SSSR count).